The molecule has 0 radical (unpaired) electrons. The van der Waals surface area contributed by atoms with Gasteiger partial charge in [-0.25, -0.2) is 0 Å². The van der Waals surface area contributed by atoms with Crippen LogP contribution in [0.25, 0.3) is 0 Å². The number of carboxylic acids is 1. The smallest absolute Gasteiger partial charge is 0.306 e. The fraction of sp³-hybridized carbons (Fsp3) is 0.923. The molecule has 0 aromatic heterocycles. The van der Waals surface area contributed by atoms with Gasteiger partial charge in [-0.1, -0.05) is 6.42 Å². The van der Waals surface area contributed by atoms with E-state index in [9.17, 15) is 4.79 Å². The van der Waals surface area contributed by atoms with Crippen LogP contribution in [0.3, 0.4) is 0 Å². The first-order valence-corrected chi connectivity index (χ1v) is 6.74. The second kappa shape index (κ2) is 5.36. The summed E-state index contributed by atoms with van der Waals surface area (Å²) < 4.78 is 0. The summed E-state index contributed by atoms with van der Waals surface area (Å²) in [5.74, 6) is -0.376. The topological polar surface area (TPSA) is 52.6 Å². The third-order valence-electron chi connectivity index (χ3n) is 4.53. The summed E-state index contributed by atoms with van der Waals surface area (Å²) in [6, 6.07) is 1.19. The van der Waals surface area contributed by atoms with Crippen molar-refractivity contribution in [1.82, 2.24) is 10.2 Å². The van der Waals surface area contributed by atoms with Crippen LogP contribution in [0.15, 0.2) is 0 Å². The van der Waals surface area contributed by atoms with Gasteiger partial charge in [-0.15, -0.1) is 0 Å². The minimum Gasteiger partial charge on any atom is -0.481 e. The van der Waals surface area contributed by atoms with E-state index in [0.29, 0.717) is 18.0 Å². The third-order valence-corrected chi connectivity index (χ3v) is 4.53. The lowest BCUT2D eigenvalue weighted by Crippen LogP contribution is -2.37. The van der Waals surface area contributed by atoms with E-state index in [1.807, 2.05) is 0 Å². The van der Waals surface area contributed by atoms with Crippen LogP contribution in [0.1, 0.15) is 32.6 Å². The number of carboxylic acid groups (broad SMARTS) is 1. The number of carbonyl (C=O) groups is 1. The Kier molecular flexibility index (Phi) is 4.05. The van der Waals surface area contributed by atoms with Crippen LogP contribution in [-0.2, 0) is 4.79 Å². The number of nitrogens with zero attached hydrogens (tertiary/aromatic N) is 1. The lowest BCUT2D eigenvalue weighted by molar-refractivity contribution is -0.142. The normalized spacial score (nSPS) is 38.7. The van der Waals surface area contributed by atoms with Crippen molar-refractivity contribution in [1.29, 1.82) is 0 Å². The maximum absolute atomic E-state index is 11.1. The summed E-state index contributed by atoms with van der Waals surface area (Å²) in [6.07, 6.45) is 4.19. The van der Waals surface area contributed by atoms with Crippen LogP contribution in [0.2, 0.25) is 0 Å². The minimum absolute atomic E-state index is 0.112. The molecular weight excluding hydrogens is 216 g/mol. The van der Waals surface area contributed by atoms with E-state index >= 15 is 0 Å². The Morgan fingerprint density at radius 1 is 1.47 bits per heavy atom. The molecule has 0 aromatic rings. The van der Waals surface area contributed by atoms with E-state index in [1.165, 1.54) is 6.42 Å². The molecule has 1 aliphatic heterocycles. The van der Waals surface area contributed by atoms with Gasteiger partial charge in [0.2, 0.25) is 0 Å². The maximum Gasteiger partial charge on any atom is 0.306 e. The molecular formula is C13H24N2O2. The van der Waals surface area contributed by atoms with Crippen molar-refractivity contribution < 1.29 is 9.90 Å². The molecule has 17 heavy (non-hydrogen) atoms. The van der Waals surface area contributed by atoms with Gasteiger partial charge in [-0.2, -0.15) is 0 Å². The Morgan fingerprint density at radius 2 is 2.24 bits per heavy atom. The summed E-state index contributed by atoms with van der Waals surface area (Å²) in [6.45, 7) is 4.21. The Hall–Kier alpha value is -0.610. The molecule has 98 valence electrons. The van der Waals surface area contributed by atoms with Crippen molar-refractivity contribution in [2.75, 3.05) is 20.1 Å². The van der Waals surface area contributed by atoms with Crippen molar-refractivity contribution in [2.45, 2.75) is 44.7 Å². The first-order chi connectivity index (χ1) is 8.08. The van der Waals surface area contributed by atoms with Crippen LogP contribution in [0.4, 0.5) is 0 Å². The van der Waals surface area contributed by atoms with Gasteiger partial charge < -0.3 is 15.3 Å². The van der Waals surface area contributed by atoms with Crippen LogP contribution in [0, 0.1) is 11.8 Å². The molecule has 1 saturated heterocycles. The predicted molar refractivity (Wildman–Crippen MR) is 67.0 cm³/mol. The summed E-state index contributed by atoms with van der Waals surface area (Å²) >= 11 is 0. The zero-order chi connectivity index (χ0) is 12.4. The van der Waals surface area contributed by atoms with Crippen molar-refractivity contribution in [3.05, 3.63) is 0 Å². The second-order valence-electron chi connectivity index (χ2n) is 5.77. The molecule has 4 heteroatoms. The van der Waals surface area contributed by atoms with E-state index in [2.05, 4.69) is 24.2 Å². The van der Waals surface area contributed by atoms with Crippen molar-refractivity contribution >= 4 is 5.97 Å². The number of likely N-dealkylation sites (tertiary alicyclic amines) is 1. The molecule has 2 N–H and O–H groups in total. The van der Waals surface area contributed by atoms with Gasteiger partial charge in [0, 0.05) is 18.6 Å². The monoisotopic (exact) mass is 240 g/mol. The number of aliphatic carboxylic acids is 1. The van der Waals surface area contributed by atoms with Crippen LogP contribution in [-0.4, -0.2) is 48.2 Å². The van der Waals surface area contributed by atoms with Gasteiger partial charge in [0.05, 0.1) is 5.92 Å². The summed E-state index contributed by atoms with van der Waals surface area (Å²) in [5, 5.41) is 12.7. The highest BCUT2D eigenvalue weighted by Gasteiger charge is 2.34. The Bertz CT molecular complexity index is 273. The molecule has 2 rings (SSSR count). The summed E-state index contributed by atoms with van der Waals surface area (Å²) in [7, 11) is 2.15. The molecule has 0 aromatic carbocycles. The molecule has 0 spiro atoms. The number of hydrogen-bond acceptors (Lipinski definition) is 3. The first kappa shape index (κ1) is 12.8. The van der Waals surface area contributed by atoms with Gasteiger partial charge in [0.25, 0.3) is 0 Å². The van der Waals surface area contributed by atoms with Gasteiger partial charge in [-0.3, -0.25) is 4.79 Å². The standard InChI is InChI=1S/C13H24N2O2/c1-9-6-11(8-15(9)2)14-7-10-4-3-5-12(10)13(16)17/h9-12,14H,3-8H2,1-2H3,(H,16,17). The molecule has 4 nitrogen and oxygen atoms in total. The van der Waals surface area contributed by atoms with Crippen molar-refractivity contribution in [2.24, 2.45) is 11.8 Å². The molecule has 2 fully saturated rings. The van der Waals surface area contributed by atoms with E-state index in [0.717, 1.165) is 32.4 Å². The van der Waals surface area contributed by atoms with E-state index in [-0.39, 0.29) is 5.92 Å². The van der Waals surface area contributed by atoms with Gasteiger partial charge in [-0.05, 0) is 45.7 Å². The second-order valence-corrected chi connectivity index (χ2v) is 5.77. The molecule has 0 bridgehead atoms. The quantitative estimate of drug-likeness (QED) is 0.774. The number of rotatable bonds is 4. The zero-order valence-corrected chi connectivity index (χ0v) is 10.9. The molecule has 1 saturated carbocycles. The van der Waals surface area contributed by atoms with E-state index in [4.69, 9.17) is 5.11 Å². The van der Waals surface area contributed by atoms with Crippen LogP contribution in [0.5, 0.6) is 0 Å². The Balaban J connectivity index is 1.77. The first-order valence-electron chi connectivity index (χ1n) is 6.74. The largest absolute Gasteiger partial charge is 0.481 e. The fourth-order valence-electron chi connectivity index (χ4n) is 3.27. The Morgan fingerprint density at radius 3 is 2.82 bits per heavy atom. The molecule has 1 aliphatic carbocycles. The lowest BCUT2D eigenvalue weighted by Gasteiger charge is -2.19. The molecule has 4 unspecified atom stereocenters. The average Bonchev–Trinajstić information content (AvgIpc) is 2.83. The van der Waals surface area contributed by atoms with Gasteiger partial charge in [0.1, 0.15) is 0 Å². The number of likely N-dealkylation sites (N-methyl/N-ethyl adjacent to an activating group) is 1. The van der Waals surface area contributed by atoms with Crippen molar-refractivity contribution in [3.8, 4) is 0 Å². The van der Waals surface area contributed by atoms with Crippen LogP contribution < -0.4 is 5.32 Å². The highest BCUT2D eigenvalue weighted by Crippen LogP contribution is 2.31. The number of hydrogen-bond donors (Lipinski definition) is 2. The van der Waals surface area contributed by atoms with E-state index < -0.39 is 5.97 Å². The fourth-order valence-corrected chi connectivity index (χ4v) is 3.27. The zero-order valence-electron chi connectivity index (χ0n) is 10.9. The van der Waals surface area contributed by atoms with E-state index in [1.54, 1.807) is 0 Å². The highest BCUT2D eigenvalue weighted by atomic mass is 16.4. The SMILES string of the molecule is CC1CC(NCC2CCCC2C(=O)O)CN1C. The Labute approximate surface area is 103 Å². The van der Waals surface area contributed by atoms with Gasteiger partial charge >= 0.3 is 5.97 Å². The maximum atomic E-state index is 11.1. The third kappa shape index (κ3) is 2.99. The molecule has 0 amide bonds. The molecule has 2 aliphatic rings. The minimum atomic E-state index is -0.605. The summed E-state index contributed by atoms with van der Waals surface area (Å²) in [5.41, 5.74) is 0. The van der Waals surface area contributed by atoms with Crippen molar-refractivity contribution in [3.63, 3.8) is 0 Å². The predicted octanol–water partition coefficient (Wildman–Crippen LogP) is 1.17. The average molecular weight is 240 g/mol. The molecule has 4 atom stereocenters. The highest BCUT2D eigenvalue weighted by molar-refractivity contribution is 5.70. The van der Waals surface area contributed by atoms with Gasteiger partial charge in [0.15, 0.2) is 0 Å². The number of nitrogens with one attached hydrogen (secondary N) is 1. The van der Waals surface area contributed by atoms with Crippen LogP contribution >= 0.6 is 0 Å². The summed E-state index contributed by atoms with van der Waals surface area (Å²) in [4.78, 5) is 13.4. The molecule has 1 heterocycles. The lowest BCUT2D eigenvalue weighted by atomic mass is 9.96.